The molecule has 0 aromatic heterocycles. The van der Waals surface area contributed by atoms with Gasteiger partial charge in [0.15, 0.2) is 0 Å². The van der Waals surface area contributed by atoms with Crippen LogP contribution in [0.25, 0.3) is 0 Å². The first kappa shape index (κ1) is 29.5. The van der Waals surface area contributed by atoms with Gasteiger partial charge in [-0.2, -0.15) is 0 Å². The predicted octanol–water partition coefficient (Wildman–Crippen LogP) is 6.27. The minimum absolute atomic E-state index is 0.213. The first-order chi connectivity index (χ1) is 18.7. The van der Waals surface area contributed by atoms with E-state index in [4.69, 9.17) is 4.74 Å². The maximum absolute atomic E-state index is 12.3. The summed E-state index contributed by atoms with van der Waals surface area (Å²) in [6, 6.07) is 20.2. The van der Waals surface area contributed by atoms with E-state index in [0.717, 1.165) is 16.7 Å². The maximum atomic E-state index is 12.3. The van der Waals surface area contributed by atoms with E-state index in [1.165, 1.54) is 27.8 Å². The molecule has 0 radical (unpaired) electrons. The lowest BCUT2D eigenvalue weighted by molar-refractivity contribution is -0.162. The molecular weight excluding hydrogens is 500 g/mol. The maximum Gasteiger partial charge on any atom is 0.331 e. The minimum atomic E-state index is -0.972. The summed E-state index contributed by atoms with van der Waals surface area (Å²) in [5.41, 5.74) is 7.00. The number of carboxylic acid groups (broad SMARTS) is 1. The number of carbonyl (C=O) groups excluding carboxylic acids is 1. The number of hydrogen-bond acceptors (Lipinski definition) is 5. The average Bonchev–Trinajstić information content (AvgIpc) is 3.37. The van der Waals surface area contributed by atoms with Gasteiger partial charge in [-0.1, -0.05) is 66.2 Å². The zero-order valence-electron chi connectivity index (χ0n) is 25.0. The van der Waals surface area contributed by atoms with Gasteiger partial charge in [0.05, 0.1) is 0 Å². The number of carbonyl (C=O) groups is 2. The second kappa shape index (κ2) is 10.8. The van der Waals surface area contributed by atoms with Gasteiger partial charge in [-0.3, -0.25) is 10.2 Å². The van der Waals surface area contributed by atoms with E-state index >= 15 is 0 Å². The first-order valence-corrected chi connectivity index (χ1v) is 13.9. The Morgan fingerprint density at radius 3 is 2.05 bits per heavy atom. The number of esters is 1. The number of nitrogens with one attached hydrogen (secondary N) is 1. The molecule has 5 rings (SSSR count). The zero-order chi connectivity index (χ0) is 29.5. The SMILES string of the molecule is CC(C)(C)OC(=O)C1(C)NCc2ccccc21.Cc1cc(C)c(CN2Cc3ccccc3C2(C)C(=O)O)c(C)c1. The minimum Gasteiger partial charge on any atom is -0.480 e. The van der Waals surface area contributed by atoms with Crippen molar-refractivity contribution in [2.45, 2.75) is 91.7 Å². The fourth-order valence-corrected chi connectivity index (χ4v) is 5.87. The van der Waals surface area contributed by atoms with Gasteiger partial charge in [0, 0.05) is 19.6 Å². The number of hydrogen-bond donors (Lipinski definition) is 2. The normalized spacial score (nSPS) is 21.7. The highest BCUT2D eigenvalue weighted by Crippen LogP contribution is 2.41. The molecule has 3 aromatic rings. The average molecular weight is 543 g/mol. The molecule has 0 spiro atoms. The molecular formula is C34H42N2O4. The van der Waals surface area contributed by atoms with E-state index in [9.17, 15) is 14.7 Å². The Hall–Kier alpha value is -3.48. The van der Waals surface area contributed by atoms with E-state index in [2.05, 4.69) is 43.1 Å². The molecule has 6 nitrogen and oxygen atoms in total. The second-order valence-electron chi connectivity index (χ2n) is 12.4. The summed E-state index contributed by atoms with van der Waals surface area (Å²) >= 11 is 0. The largest absolute Gasteiger partial charge is 0.480 e. The highest BCUT2D eigenvalue weighted by molar-refractivity contribution is 5.84. The van der Waals surface area contributed by atoms with Crippen LogP contribution in [0.5, 0.6) is 0 Å². The molecule has 40 heavy (non-hydrogen) atoms. The molecule has 0 fully saturated rings. The Morgan fingerprint density at radius 2 is 1.48 bits per heavy atom. The summed E-state index contributed by atoms with van der Waals surface area (Å²) in [4.78, 5) is 26.4. The molecule has 2 aliphatic heterocycles. The molecule has 0 saturated carbocycles. The lowest BCUT2D eigenvalue weighted by Gasteiger charge is -2.33. The third-order valence-corrected chi connectivity index (χ3v) is 8.14. The number of rotatable bonds is 4. The number of benzene rings is 3. The summed E-state index contributed by atoms with van der Waals surface area (Å²) in [6.45, 7) is 17.7. The van der Waals surface area contributed by atoms with Crippen LogP contribution in [0, 0.1) is 20.8 Å². The van der Waals surface area contributed by atoms with Crippen molar-refractivity contribution in [3.8, 4) is 0 Å². The van der Waals surface area contributed by atoms with Gasteiger partial charge in [0.25, 0.3) is 0 Å². The van der Waals surface area contributed by atoms with Crippen molar-refractivity contribution in [1.82, 2.24) is 10.2 Å². The predicted molar refractivity (Wildman–Crippen MR) is 158 cm³/mol. The molecule has 2 atom stereocenters. The smallest absolute Gasteiger partial charge is 0.331 e. The summed E-state index contributed by atoms with van der Waals surface area (Å²) in [5.74, 6) is -1.00. The second-order valence-corrected chi connectivity index (χ2v) is 12.4. The van der Waals surface area contributed by atoms with Crippen molar-refractivity contribution < 1.29 is 19.4 Å². The molecule has 6 heteroatoms. The first-order valence-electron chi connectivity index (χ1n) is 13.9. The fourth-order valence-electron chi connectivity index (χ4n) is 5.87. The Morgan fingerprint density at radius 1 is 0.925 bits per heavy atom. The van der Waals surface area contributed by atoms with E-state index < -0.39 is 22.6 Å². The number of ether oxygens (including phenoxy) is 1. The monoisotopic (exact) mass is 542 g/mol. The Labute approximate surface area is 238 Å². The third kappa shape index (κ3) is 5.56. The topological polar surface area (TPSA) is 78.9 Å². The van der Waals surface area contributed by atoms with Crippen molar-refractivity contribution in [2.24, 2.45) is 0 Å². The van der Waals surface area contributed by atoms with Gasteiger partial charge in [0.1, 0.15) is 16.7 Å². The van der Waals surface area contributed by atoms with Crippen LogP contribution < -0.4 is 5.32 Å². The zero-order valence-corrected chi connectivity index (χ0v) is 25.0. The van der Waals surface area contributed by atoms with Crippen molar-refractivity contribution in [2.75, 3.05) is 0 Å². The summed E-state index contributed by atoms with van der Waals surface area (Å²) in [7, 11) is 0. The van der Waals surface area contributed by atoms with Gasteiger partial charge in [-0.05, 0) is 94.3 Å². The van der Waals surface area contributed by atoms with Crippen LogP contribution in [0.4, 0.5) is 0 Å². The lowest BCUT2D eigenvalue weighted by atomic mass is 9.91. The molecule has 2 heterocycles. The highest BCUT2D eigenvalue weighted by Gasteiger charge is 2.47. The van der Waals surface area contributed by atoms with E-state index in [1.54, 1.807) is 0 Å². The molecule has 0 amide bonds. The number of fused-ring (bicyclic) bond motifs is 2. The van der Waals surface area contributed by atoms with Crippen molar-refractivity contribution in [3.05, 3.63) is 105 Å². The lowest BCUT2D eigenvalue weighted by Crippen LogP contribution is -2.45. The molecule has 0 bridgehead atoms. The van der Waals surface area contributed by atoms with Crippen LogP contribution in [0.1, 0.15) is 79.1 Å². The summed E-state index contributed by atoms with van der Waals surface area (Å²) < 4.78 is 5.48. The van der Waals surface area contributed by atoms with Crippen LogP contribution in [-0.2, 0) is 45.0 Å². The standard InChI is InChI=1S/C20H23NO2.C14H19NO2/c1-13-9-14(2)17(15(3)10-13)12-21-11-16-7-5-6-8-18(16)20(21,4)19(22)23;1-13(2,3)17-12(16)14(4)11-8-6-5-7-10(11)9-15-14/h5-10H,11-12H2,1-4H3,(H,22,23);5-8,15H,9H2,1-4H3. The summed E-state index contributed by atoms with van der Waals surface area (Å²) in [6.07, 6.45) is 0. The molecule has 2 aliphatic rings. The molecule has 2 N–H and O–H groups in total. The molecule has 212 valence electrons. The van der Waals surface area contributed by atoms with Gasteiger partial charge >= 0.3 is 11.9 Å². The molecule has 0 aliphatic carbocycles. The van der Waals surface area contributed by atoms with Crippen molar-refractivity contribution in [3.63, 3.8) is 0 Å². The summed E-state index contributed by atoms with van der Waals surface area (Å²) in [5, 5.41) is 13.2. The number of nitrogens with zero attached hydrogens (tertiary/aromatic N) is 1. The van der Waals surface area contributed by atoms with Crippen LogP contribution in [0.2, 0.25) is 0 Å². The van der Waals surface area contributed by atoms with Crippen LogP contribution in [0.15, 0.2) is 60.7 Å². The molecule has 3 aromatic carbocycles. The van der Waals surface area contributed by atoms with E-state index in [0.29, 0.717) is 19.6 Å². The Bertz CT molecular complexity index is 1420. The van der Waals surface area contributed by atoms with Gasteiger partial charge < -0.3 is 9.84 Å². The van der Waals surface area contributed by atoms with Crippen LogP contribution >= 0.6 is 0 Å². The fraction of sp³-hybridized carbons (Fsp3) is 0.412. The van der Waals surface area contributed by atoms with Gasteiger partial charge in [-0.15, -0.1) is 0 Å². The quantitative estimate of drug-likeness (QED) is 0.378. The molecule has 0 saturated heterocycles. The highest BCUT2D eigenvalue weighted by atomic mass is 16.6. The Kier molecular flexibility index (Phi) is 7.99. The van der Waals surface area contributed by atoms with Gasteiger partial charge in [0.2, 0.25) is 0 Å². The third-order valence-electron chi connectivity index (χ3n) is 8.14. The van der Waals surface area contributed by atoms with Crippen LogP contribution in [0.3, 0.4) is 0 Å². The van der Waals surface area contributed by atoms with Crippen molar-refractivity contribution in [1.29, 1.82) is 0 Å². The number of aryl methyl sites for hydroxylation is 3. The number of carboxylic acids is 1. The van der Waals surface area contributed by atoms with E-state index in [1.807, 2.05) is 83.1 Å². The molecule has 2 unspecified atom stereocenters. The number of aliphatic carboxylic acids is 1. The van der Waals surface area contributed by atoms with E-state index in [-0.39, 0.29) is 5.97 Å². The Balaban J connectivity index is 0.000000194. The van der Waals surface area contributed by atoms with Crippen molar-refractivity contribution >= 4 is 11.9 Å². The van der Waals surface area contributed by atoms with Crippen LogP contribution in [-0.4, -0.2) is 27.5 Å². The van der Waals surface area contributed by atoms with Gasteiger partial charge in [-0.25, -0.2) is 9.59 Å².